The maximum atomic E-state index is 10.6. The Bertz CT molecular complexity index is 197. The van der Waals surface area contributed by atoms with Gasteiger partial charge in [-0.05, 0) is 12.8 Å². The molecule has 0 aromatic heterocycles. The molecule has 0 unspecified atom stereocenters. The summed E-state index contributed by atoms with van der Waals surface area (Å²) < 4.78 is 0. The summed E-state index contributed by atoms with van der Waals surface area (Å²) in [4.78, 5) is 25.8. The van der Waals surface area contributed by atoms with Crippen molar-refractivity contribution in [2.45, 2.75) is 31.7 Å². The Morgan fingerprint density at radius 1 is 1.77 bits per heavy atom. The Hall–Kier alpha value is -1.14. The van der Waals surface area contributed by atoms with Gasteiger partial charge in [0.2, 0.25) is 5.91 Å². The number of amides is 1. The molecular weight excluding hydrogens is 176 g/mol. The van der Waals surface area contributed by atoms with E-state index in [1.165, 1.54) is 5.48 Å². The van der Waals surface area contributed by atoms with E-state index in [1.807, 2.05) is 0 Å². The van der Waals surface area contributed by atoms with E-state index in [0.717, 1.165) is 0 Å². The lowest BCUT2D eigenvalue weighted by molar-refractivity contribution is -0.158. The molecule has 6 heteroatoms. The zero-order valence-corrected chi connectivity index (χ0v) is 7.08. The van der Waals surface area contributed by atoms with Crippen LogP contribution in [0.25, 0.3) is 0 Å². The highest BCUT2D eigenvalue weighted by atomic mass is 16.7. The molecule has 74 valence electrons. The Balaban J connectivity index is 2.15. The van der Waals surface area contributed by atoms with Crippen LogP contribution in [0.4, 0.5) is 0 Å². The largest absolute Gasteiger partial charge is 0.370 e. The predicted octanol–water partition coefficient (Wildman–Crippen LogP) is -0.518. The lowest BCUT2D eigenvalue weighted by Gasteiger charge is -2.21. The number of carbonyl (C=O) groups is 2. The molecule has 0 bridgehead atoms. The summed E-state index contributed by atoms with van der Waals surface area (Å²) in [7, 11) is 0. The smallest absolute Gasteiger partial charge is 0.324 e. The maximum Gasteiger partial charge on any atom is 0.324 e. The van der Waals surface area contributed by atoms with E-state index >= 15 is 0 Å². The monoisotopic (exact) mass is 188 g/mol. The molecule has 1 rings (SSSR count). The number of rotatable bonds is 3. The van der Waals surface area contributed by atoms with Gasteiger partial charge in [-0.3, -0.25) is 14.8 Å². The summed E-state index contributed by atoms with van der Waals surface area (Å²) >= 11 is 0. The molecule has 0 aromatic rings. The summed E-state index contributed by atoms with van der Waals surface area (Å²) in [6.45, 7) is 0. The highest BCUT2D eigenvalue weighted by Gasteiger charge is 2.19. The first kappa shape index (κ1) is 9.94. The normalized spacial score (nSPS) is 22.2. The van der Waals surface area contributed by atoms with Crippen LogP contribution in [-0.4, -0.2) is 23.1 Å². The summed E-state index contributed by atoms with van der Waals surface area (Å²) in [5, 5.41) is 8.20. The standard InChI is InChI=1S/C7H12N2O4/c10-6(8-12)3-1-5-2-4-7(11)13-9-5/h5,9,12H,1-4H2,(H,8,10)/t5-/m1/s1. The fraction of sp³-hybridized carbons (Fsp3) is 0.714. The summed E-state index contributed by atoms with van der Waals surface area (Å²) in [6.07, 6.45) is 1.79. The maximum absolute atomic E-state index is 10.6. The number of nitrogens with one attached hydrogen (secondary N) is 2. The Kier molecular flexibility index (Phi) is 3.66. The second kappa shape index (κ2) is 4.78. The second-order valence-electron chi connectivity index (χ2n) is 2.90. The molecule has 1 atom stereocenters. The third-order valence-corrected chi connectivity index (χ3v) is 1.88. The van der Waals surface area contributed by atoms with Gasteiger partial charge in [0.05, 0.1) is 0 Å². The van der Waals surface area contributed by atoms with Crippen LogP contribution >= 0.6 is 0 Å². The Morgan fingerprint density at radius 3 is 3.08 bits per heavy atom. The van der Waals surface area contributed by atoms with Crippen LogP contribution in [0.3, 0.4) is 0 Å². The number of carbonyl (C=O) groups excluding carboxylic acids is 2. The van der Waals surface area contributed by atoms with Crippen molar-refractivity contribution in [2.75, 3.05) is 0 Å². The molecule has 1 aliphatic rings. The molecule has 0 aliphatic carbocycles. The highest BCUT2D eigenvalue weighted by Crippen LogP contribution is 2.10. The minimum Gasteiger partial charge on any atom is -0.370 e. The number of hydroxylamine groups is 2. The van der Waals surface area contributed by atoms with E-state index in [0.29, 0.717) is 19.3 Å². The average Bonchev–Trinajstić information content (AvgIpc) is 2.16. The van der Waals surface area contributed by atoms with Crippen LogP contribution < -0.4 is 11.0 Å². The topological polar surface area (TPSA) is 87.7 Å². The second-order valence-corrected chi connectivity index (χ2v) is 2.90. The molecule has 0 radical (unpaired) electrons. The lowest BCUT2D eigenvalue weighted by atomic mass is 10.1. The molecule has 1 fully saturated rings. The van der Waals surface area contributed by atoms with Gasteiger partial charge in [-0.15, -0.1) is 0 Å². The van der Waals surface area contributed by atoms with Crippen molar-refractivity contribution in [2.24, 2.45) is 0 Å². The van der Waals surface area contributed by atoms with Crippen LogP contribution in [-0.2, 0) is 14.4 Å². The van der Waals surface area contributed by atoms with Crippen molar-refractivity contribution in [3.8, 4) is 0 Å². The first-order chi connectivity index (χ1) is 6.22. The van der Waals surface area contributed by atoms with E-state index in [-0.39, 0.29) is 18.4 Å². The molecule has 3 N–H and O–H groups in total. The minimum absolute atomic E-state index is 0.00926. The van der Waals surface area contributed by atoms with E-state index in [1.54, 1.807) is 0 Å². The SMILES string of the molecule is O=C(CC[C@@H]1CCC(=O)ON1)NO. The van der Waals surface area contributed by atoms with Crippen LogP contribution in [0.1, 0.15) is 25.7 Å². The molecule has 1 amide bonds. The fourth-order valence-corrected chi connectivity index (χ4v) is 1.12. The van der Waals surface area contributed by atoms with Gasteiger partial charge in [0.1, 0.15) is 0 Å². The molecule has 0 saturated carbocycles. The molecule has 1 aliphatic heterocycles. The summed E-state index contributed by atoms with van der Waals surface area (Å²) in [5.41, 5.74) is 4.08. The zero-order valence-electron chi connectivity index (χ0n) is 7.08. The van der Waals surface area contributed by atoms with Gasteiger partial charge in [0, 0.05) is 18.9 Å². The van der Waals surface area contributed by atoms with Gasteiger partial charge in [0.15, 0.2) is 0 Å². The molecule has 6 nitrogen and oxygen atoms in total. The van der Waals surface area contributed by atoms with E-state index in [9.17, 15) is 9.59 Å². The van der Waals surface area contributed by atoms with Crippen molar-refractivity contribution in [1.29, 1.82) is 0 Å². The summed E-state index contributed by atoms with van der Waals surface area (Å²) in [6, 6.07) is 0.00926. The van der Waals surface area contributed by atoms with Crippen LogP contribution in [0.15, 0.2) is 0 Å². The van der Waals surface area contributed by atoms with Gasteiger partial charge in [-0.25, -0.2) is 5.48 Å². The fourth-order valence-electron chi connectivity index (χ4n) is 1.12. The molecular formula is C7H12N2O4. The molecule has 0 aromatic carbocycles. The van der Waals surface area contributed by atoms with Crippen molar-refractivity contribution in [3.05, 3.63) is 0 Å². The van der Waals surface area contributed by atoms with E-state index in [4.69, 9.17) is 5.21 Å². The van der Waals surface area contributed by atoms with Gasteiger partial charge in [-0.1, -0.05) is 0 Å². The van der Waals surface area contributed by atoms with Gasteiger partial charge in [0.25, 0.3) is 0 Å². The number of hydrogen-bond acceptors (Lipinski definition) is 5. The average molecular weight is 188 g/mol. The van der Waals surface area contributed by atoms with Crippen molar-refractivity contribution in [1.82, 2.24) is 11.0 Å². The summed E-state index contributed by atoms with van der Waals surface area (Å²) in [5.74, 6) is -0.707. The van der Waals surface area contributed by atoms with E-state index < -0.39 is 5.91 Å². The molecule has 0 spiro atoms. The van der Waals surface area contributed by atoms with Gasteiger partial charge in [-0.2, -0.15) is 5.48 Å². The van der Waals surface area contributed by atoms with Crippen LogP contribution in [0.5, 0.6) is 0 Å². The van der Waals surface area contributed by atoms with Crippen LogP contribution in [0.2, 0.25) is 0 Å². The number of hydrogen-bond donors (Lipinski definition) is 3. The minimum atomic E-state index is -0.432. The third kappa shape index (κ3) is 3.39. The zero-order chi connectivity index (χ0) is 9.68. The molecule has 1 saturated heterocycles. The predicted molar refractivity (Wildman–Crippen MR) is 41.4 cm³/mol. The van der Waals surface area contributed by atoms with E-state index in [2.05, 4.69) is 10.3 Å². The van der Waals surface area contributed by atoms with Crippen molar-refractivity contribution in [3.63, 3.8) is 0 Å². The van der Waals surface area contributed by atoms with Crippen LogP contribution in [0, 0.1) is 0 Å². The Labute approximate surface area is 75.2 Å². The highest BCUT2D eigenvalue weighted by molar-refractivity contribution is 5.74. The Morgan fingerprint density at radius 2 is 2.54 bits per heavy atom. The first-order valence-electron chi connectivity index (χ1n) is 4.10. The quantitative estimate of drug-likeness (QED) is 0.410. The van der Waals surface area contributed by atoms with Crippen molar-refractivity contribution < 1.29 is 19.6 Å². The molecule has 1 heterocycles. The third-order valence-electron chi connectivity index (χ3n) is 1.88. The van der Waals surface area contributed by atoms with Crippen molar-refractivity contribution >= 4 is 11.9 Å². The van der Waals surface area contributed by atoms with Gasteiger partial charge < -0.3 is 4.84 Å². The van der Waals surface area contributed by atoms with Gasteiger partial charge >= 0.3 is 5.97 Å². The molecule has 13 heavy (non-hydrogen) atoms. The first-order valence-corrected chi connectivity index (χ1v) is 4.10. The lowest BCUT2D eigenvalue weighted by Crippen LogP contribution is -2.37.